The number of nitrogens with zero attached hydrogens (tertiary/aromatic N) is 4. The maximum Gasteiger partial charge on any atom is 0.144 e. The van der Waals surface area contributed by atoms with Crippen LogP contribution in [0.25, 0.3) is 17.1 Å². The van der Waals surface area contributed by atoms with Crippen LogP contribution < -0.4 is 0 Å². The summed E-state index contributed by atoms with van der Waals surface area (Å²) in [6, 6.07) is 14.1. The topological polar surface area (TPSA) is 34.0 Å². The van der Waals surface area contributed by atoms with E-state index in [1.807, 2.05) is 68.8 Å². The fourth-order valence-corrected chi connectivity index (χ4v) is 1.82. The van der Waals surface area contributed by atoms with Crippen molar-refractivity contribution in [3.63, 3.8) is 0 Å². The summed E-state index contributed by atoms with van der Waals surface area (Å²) in [7, 11) is 6.00. The predicted molar refractivity (Wildman–Crippen MR) is 86.4 cm³/mol. The molecule has 0 amide bonds. The number of imidazole rings is 1. The first kappa shape index (κ1) is 14.9. The van der Waals surface area contributed by atoms with Crippen LogP contribution in [-0.2, 0) is 0 Å². The number of pyridine rings is 1. The van der Waals surface area contributed by atoms with E-state index < -0.39 is 0 Å². The standard InChI is InChI=1S/C14H11N3.C3H9N/c1-2-4-12(5-3-1)14-16-10-11-17(14)13-6-8-15-9-7-13;1-4(2)3/h1-11H;1-3H3. The van der Waals surface area contributed by atoms with Gasteiger partial charge >= 0.3 is 0 Å². The molecule has 3 rings (SSSR count). The molecule has 0 unspecified atom stereocenters. The van der Waals surface area contributed by atoms with Crippen molar-refractivity contribution in [2.75, 3.05) is 21.1 Å². The molecule has 3 aromatic rings. The molecule has 0 aliphatic heterocycles. The van der Waals surface area contributed by atoms with Crippen molar-refractivity contribution in [2.45, 2.75) is 0 Å². The minimum absolute atomic E-state index is 0.941. The van der Waals surface area contributed by atoms with E-state index in [0.29, 0.717) is 0 Å². The van der Waals surface area contributed by atoms with Gasteiger partial charge in [-0.3, -0.25) is 9.55 Å². The molecule has 2 aromatic heterocycles. The van der Waals surface area contributed by atoms with Crippen molar-refractivity contribution in [2.24, 2.45) is 0 Å². The largest absolute Gasteiger partial charge is 0.312 e. The molecule has 0 aliphatic carbocycles. The second-order valence-corrected chi connectivity index (χ2v) is 5.03. The maximum absolute atomic E-state index is 4.41. The van der Waals surface area contributed by atoms with Gasteiger partial charge in [0.25, 0.3) is 0 Å². The van der Waals surface area contributed by atoms with E-state index in [-0.39, 0.29) is 0 Å². The molecule has 0 N–H and O–H groups in total. The maximum atomic E-state index is 4.41. The van der Waals surface area contributed by atoms with E-state index >= 15 is 0 Å². The van der Waals surface area contributed by atoms with Gasteiger partial charge in [0.15, 0.2) is 0 Å². The SMILES string of the molecule is CN(C)C.c1ccc(-c2nccn2-c2ccncc2)cc1. The van der Waals surface area contributed by atoms with Crippen molar-refractivity contribution in [1.29, 1.82) is 0 Å². The third-order valence-electron chi connectivity index (χ3n) is 2.61. The Morgan fingerprint density at radius 2 is 1.48 bits per heavy atom. The Balaban J connectivity index is 0.000000361. The highest BCUT2D eigenvalue weighted by Gasteiger charge is 2.06. The van der Waals surface area contributed by atoms with Crippen molar-refractivity contribution >= 4 is 0 Å². The molecule has 2 heterocycles. The average molecular weight is 280 g/mol. The van der Waals surface area contributed by atoms with Gasteiger partial charge in [0, 0.05) is 30.4 Å². The first-order chi connectivity index (χ1) is 10.2. The Morgan fingerprint density at radius 1 is 0.857 bits per heavy atom. The zero-order chi connectivity index (χ0) is 15.1. The van der Waals surface area contributed by atoms with Crippen LogP contribution in [0.3, 0.4) is 0 Å². The molecule has 0 saturated carbocycles. The van der Waals surface area contributed by atoms with Gasteiger partial charge in [-0.05, 0) is 33.3 Å². The van der Waals surface area contributed by atoms with E-state index in [1.165, 1.54) is 0 Å². The Kier molecular flexibility index (Phi) is 5.23. The molecule has 0 atom stereocenters. The van der Waals surface area contributed by atoms with Crippen molar-refractivity contribution < 1.29 is 0 Å². The van der Waals surface area contributed by atoms with Gasteiger partial charge in [0.2, 0.25) is 0 Å². The van der Waals surface area contributed by atoms with E-state index in [1.54, 1.807) is 12.4 Å². The quantitative estimate of drug-likeness (QED) is 0.723. The van der Waals surface area contributed by atoms with Crippen molar-refractivity contribution in [3.8, 4) is 17.1 Å². The lowest BCUT2D eigenvalue weighted by Gasteiger charge is -2.07. The smallest absolute Gasteiger partial charge is 0.144 e. The van der Waals surface area contributed by atoms with Crippen LogP contribution in [0.1, 0.15) is 0 Å². The lowest BCUT2D eigenvalue weighted by molar-refractivity contribution is 0.505. The number of hydrogen-bond donors (Lipinski definition) is 0. The molecule has 0 bridgehead atoms. The zero-order valence-corrected chi connectivity index (χ0v) is 12.6. The Morgan fingerprint density at radius 3 is 2.10 bits per heavy atom. The summed E-state index contributed by atoms with van der Waals surface area (Å²) in [6.07, 6.45) is 7.33. The molecular weight excluding hydrogens is 260 g/mol. The third kappa shape index (κ3) is 4.26. The fourth-order valence-electron chi connectivity index (χ4n) is 1.82. The number of hydrogen-bond acceptors (Lipinski definition) is 3. The normalized spacial score (nSPS) is 10.1. The van der Waals surface area contributed by atoms with Crippen molar-refractivity contribution in [3.05, 3.63) is 67.3 Å². The Bertz CT molecular complexity index is 588. The Hall–Kier alpha value is -2.46. The number of benzene rings is 1. The number of aromatic nitrogens is 3. The molecule has 4 heteroatoms. The van der Waals surface area contributed by atoms with Crippen LogP contribution in [0.4, 0.5) is 0 Å². The van der Waals surface area contributed by atoms with Gasteiger partial charge in [-0.2, -0.15) is 0 Å². The van der Waals surface area contributed by atoms with Crippen LogP contribution in [-0.4, -0.2) is 40.6 Å². The summed E-state index contributed by atoms with van der Waals surface area (Å²) in [5.41, 5.74) is 2.17. The fraction of sp³-hybridized carbons (Fsp3) is 0.176. The van der Waals surface area contributed by atoms with Gasteiger partial charge in [0.1, 0.15) is 5.82 Å². The third-order valence-corrected chi connectivity index (χ3v) is 2.61. The lowest BCUT2D eigenvalue weighted by Crippen LogP contribution is -1.99. The van der Waals surface area contributed by atoms with E-state index in [9.17, 15) is 0 Å². The van der Waals surface area contributed by atoms with Gasteiger partial charge in [0.05, 0.1) is 5.69 Å². The Labute approximate surface area is 125 Å². The number of rotatable bonds is 2. The molecule has 108 valence electrons. The first-order valence-electron chi connectivity index (χ1n) is 6.78. The van der Waals surface area contributed by atoms with Crippen molar-refractivity contribution in [1.82, 2.24) is 19.4 Å². The van der Waals surface area contributed by atoms with Gasteiger partial charge in [-0.15, -0.1) is 0 Å². The molecule has 21 heavy (non-hydrogen) atoms. The summed E-state index contributed by atoms with van der Waals surface area (Å²) < 4.78 is 2.05. The van der Waals surface area contributed by atoms with Gasteiger partial charge in [-0.25, -0.2) is 4.98 Å². The van der Waals surface area contributed by atoms with E-state index in [4.69, 9.17) is 0 Å². The molecule has 0 saturated heterocycles. The summed E-state index contributed by atoms with van der Waals surface area (Å²) in [5.74, 6) is 0.941. The summed E-state index contributed by atoms with van der Waals surface area (Å²) in [5, 5.41) is 0. The lowest BCUT2D eigenvalue weighted by atomic mass is 10.2. The predicted octanol–water partition coefficient (Wildman–Crippen LogP) is 3.11. The zero-order valence-electron chi connectivity index (χ0n) is 12.6. The summed E-state index contributed by atoms with van der Waals surface area (Å²) in [6.45, 7) is 0. The molecule has 4 nitrogen and oxygen atoms in total. The second kappa shape index (κ2) is 7.36. The second-order valence-electron chi connectivity index (χ2n) is 5.03. The van der Waals surface area contributed by atoms with E-state index in [0.717, 1.165) is 17.1 Å². The van der Waals surface area contributed by atoms with E-state index in [2.05, 4.69) is 26.7 Å². The molecule has 0 fully saturated rings. The average Bonchev–Trinajstić information content (AvgIpc) is 2.98. The first-order valence-corrected chi connectivity index (χ1v) is 6.78. The van der Waals surface area contributed by atoms with Crippen LogP contribution in [0.15, 0.2) is 67.3 Å². The molecular formula is C17H20N4. The van der Waals surface area contributed by atoms with Crippen LogP contribution in [0.2, 0.25) is 0 Å². The van der Waals surface area contributed by atoms with Crippen LogP contribution in [0, 0.1) is 0 Å². The highest BCUT2D eigenvalue weighted by atomic mass is 15.1. The molecule has 0 radical (unpaired) electrons. The summed E-state index contributed by atoms with van der Waals surface area (Å²) >= 11 is 0. The molecule has 0 spiro atoms. The minimum Gasteiger partial charge on any atom is -0.312 e. The summed E-state index contributed by atoms with van der Waals surface area (Å²) in [4.78, 5) is 10.4. The van der Waals surface area contributed by atoms with Crippen LogP contribution >= 0.6 is 0 Å². The minimum atomic E-state index is 0.941. The molecule has 0 aliphatic rings. The molecule has 1 aromatic carbocycles. The monoisotopic (exact) mass is 280 g/mol. The highest BCUT2D eigenvalue weighted by molar-refractivity contribution is 5.58. The highest BCUT2D eigenvalue weighted by Crippen LogP contribution is 2.20. The van der Waals surface area contributed by atoms with Gasteiger partial charge < -0.3 is 4.90 Å². The van der Waals surface area contributed by atoms with Gasteiger partial charge in [-0.1, -0.05) is 30.3 Å². The van der Waals surface area contributed by atoms with Crippen LogP contribution in [0.5, 0.6) is 0 Å².